The summed E-state index contributed by atoms with van der Waals surface area (Å²) >= 11 is 0. The molecular formula is C14H28N2O2. The predicted molar refractivity (Wildman–Crippen MR) is 72.7 cm³/mol. The highest BCUT2D eigenvalue weighted by Gasteiger charge is 2.25. The Bertz CT molecular complexity index is 248. The number of piperidine rings is 1. The SMILES string of the molecule is CC(C)CN1CCOC(CN2CCC[C@H](O)C2)C1. The number of aliphatic hydroxyl groups excluding tert-OH is 1. The second kappa shape index (κ2) is 6.85. The molecule has 0 amide bonds. The van der Waals surface area contributed by atoms with Crippen molar-refractivity contribution in [3.8, 4) is 0 Å². The predicted octanol–water partition coefficient (Wildman–Crippen LogP) is 0.800. The van der Waals surface area contributed by atoms with Gasteiger partial charge in [0.2, 0.25) is 0 Å². The molecule has 0 spiro atoms. The zero-order valence-corrected chi connectivity index (χ0v) is 11.8. The number of hydrogen-bond donors (Lipinski definition) is 1. The fraction of sp³-hybridized carbons (Fsp3) is 1.00. The standard InChI is InChI=1S/C14H28N2O2/c1-12(2)8-16-6-7-18-14(11-16)10-15-5-3-4-13(17)9-15/h12-14,17H,3-11H2,1-2H3/t13-,14?/m0/s1. The number of β-amino-alcohol motifs (C(OH)–C–C–N with tert-alkyl or cyclic N) is 1. The highest BCUT2D eigenvalue weighted by molar-refractivity contribution is 4.79. The fourth-order valence-electron chi connectivity index (χ4n) is 3.06. The lowest BCUT2D eigenvalue weighted by molar-refractivity contribution is -0.0545. The molecule has 1 N–H and O–H groups in total. The monoisotopic (exact) mass is 256 g/mol. The van der Waals surface area contributed by atoms with E-state index in [-0.39, 0.29) is 6.10 Å². The van der Waals surface area contributed by atoms with Gasteiger partial charge in [-0.2, -0.15) is 0 Å². The molecule has 2 atom stereocenters. The van der Waals surface area contributed by atoms with Crippen LogP contribution in [0.3, 0.4) is 0 Å². The summed E-state index contributed by atoms with van der Waals surface area (Å²) in [5.41, 5.74) is 0. The van der Waals surface area contributed by atoms with Gasteiger partial charge in [0.1, 0.15) is 0 Å². The van der Waals surface area contributed by atoms with Crippen molar-refractivity contribution in [2.45, 2.75) is 38.9 Å². The number of aliphatic hydroxyl groups is 1. The quantitative estimate of drug-likeness (QED) is 0.807. The molecule has 18 heavy (non-hydrogen) atoms. The van der Waals surface area contributed by atoms with Gasteiger partial charge in [0.15, 0.2) is 0 Å². The van der Waals surface area contributed by atoms with E-state index in [1.807, 2.05) is 0 Å². The van der Waals surface area contributed by atoms with Crippen molar-refractivity contribution < 1.29 is 9.84 Å². The maximum Gasteiger partial charge on any atom is 0.0829 e. The van der Waals surface area contributed by atoms with Crippen molar-refractivity contribution in [3.05, 3.63) is 0 Å². The summed E-state index contributed by atoms with van der Waals surface area (Å²) in [6, 6.07) is 0. The molecule has 0 aromatic rings. The van der Waals surface area contributed by atoms with Crippen LogP contribution in [0.15, 0.2) is 0 Å². The fourth-order valence-corrected chi connectivity index (χ4v) is 3.06. The number of ether oxygens (including phenoxy) is 1. The van der Waals surface area contributed by atoms with Crippen LogP contribution in [0.4, 0.5) is 0 Å². The molecule has 4 heteroatoms. The van der Waals surface area contributed by atoms with Gasteiger partial charge in [0, 0.05) is 32.7 Å². The number of hydrogen-bond acceptors (Lipinski definition) is 4. The third-order valence-electron chi connectivity index (χ3n) is 3.79. The molecule has 1 unspecified atom stereocenters. The zero-order valence-electron chi connectivity index (χ0n) is 11.8. The van der Waals surface area contributed by atoms with E-state index in [0.717, 1.165) is 58.1 Å². The van der Waals surface area contributed by atoms with Gasteiger partial charge in [-0.3, -0.25) is 9.80 Å². The minimum absolute atomic E-state index is 0.130. The molecule has 0 aromatic heterocycles. The second-order valence-corrected chi connectivity index (χ2v) is 6.20. The molecule has 0 bridgehead atoms. The normalized spacial score (nSPS) is 32.0. The van der Waals surface area contributed by atoms with Crippen LogP contribution in [0.5, 0.6) is 0 Å². The van der Waals surface area contributed by atoms with Crippen LogP contribution in [0.2, 0.25) is 0 Å². The first-order chi connectivity index (χ1) is 8.63. The Labute approximate surface area is 111 Å². The highest BCUT2D eigenvalue weighted by atomic mass is 16.5. The molecule has 0 saturated carbocycles. The zero-order chi connectivity index (χ0) is 13.0. The average molecular weight is 256 g/mol. The molecule has 2 rings (SSSR count). The molecule has 2 aliphatic rings. The molecule has 106 valence electrons. The van der Waals surface area contributed by atoms with Gasteiger partial charge in [-0.1, -0.05) is 13.8 Å². The molecule has 0 radical (unpaired) electrons. The molecule has 2 heterocycles. The number of rotatable bonds is 4. The summed E-state index contributed by atoms with van der Waals surface area (Å²) < 4.78 is 5.86. The summed E-state index contributed by atoms with van der Waals surface area (Å²) in [7, 11) is 0. The summed E-state index contributed by atoms with van der Waals surface area (Å²) in [6.07, 6.45) is 2.27. The first kappa shape index (κ1) is 14.3. The smallest absolute Gasteiger partial charge is 0.0829 e. The topological polar surface area (TPSA) is 35.9 Å². The van der Waals surface area contributed by atoms with Crippen molar-refractivity contribution in [3.63, 3.8) is 0 Å². The Morgan fingerprint density at radius 3 is 2.78 bits per heavy atom. The van der Waals surface area contributed by atoms with Gasteiger partial charge in [0.05, 0.1) is 18.8 Å². The lowest BCUT2D eigenvalue weighted by Gasteiger charge is -2.38. The van der Waals surface area contributed by atoms with Crippen molar-refractivity contribution in [1.29, 1.82) is 0 Å². The van der Waals surface area contributed by atoms with Crippen molar-refractivity contribution in [2.24, 2.45) is 5.92 Å². The number of likely N-dealkylation sites (tertiary alicyclic amines) is 1. The van der Waals surface area contributed by atoms with Crippen LogP contribution in [0.1, 0.15) is 26.7 Å². The van der Waals surface area contributed by atoms with E-state index in [4.69, 9.17) is 4.74 Å². The Morgan fingerprint density at radius 1 is 1.22 bits per heavy atom. The van der Waals surface area contributed by atoms with Crippen LogP contribution in [0.25, 0.3) is 0 Å². The average Bonchev–Trinajstić information content (AvgIpc) is 2.28. The first-order valence-electron chi connectivity index (χ1n) is 7.38. The third-order valence-corrected chi connectivity index (χ3v) is 3.79. The molecule has 2 saturated heterocycles. The Morgan fingerprint density at radius 2 is 2.06 bits per heavy atom. The van der Waals surface area contributed by atoms with Gasteiger partial charge in [-0.05, 0) is 25.3 Å². The van der Waals surface area contributed by atoms with Crippen LogP contribution in [-0.4, -0.2) is 73.0 Å². The largest absolute Gasteiger partial charge is 0.392 e. The van der Waals surface area contributed by atoms with Crippen LogP contribution in [-0.2, 0) is 4.74 Å². The number of nitrogens with zero attached hydrogens (tertiary/aromatic N) is 2. The first-order valence-corrected chi connectivity index (χ1v) is 7.38. The summed E-state index contributed by atoms with van der Waals surface area (Å²) in [5, 5.41) is 9.69. The van der Waals surface area contributed by atoms with E-state index in [1.54, 1.807) is 0 Å². The maximum absolute atomic E-state index is 9.69. The number of morpholine rings is 1. The van der Waals surface area contributed by atoms with Crippen LogP contribution in [0, 0.1) is 5.92 Å². The summed E-state index contributed by atoms with van der Waals surface area (Å²) in [6.45, 7) is 11.6. The molecule has 4 nitrogen and oxygen atoms in total. The highest BCUT2D eigenvalue weighted by Crippen LogP contribution is 2.14. The van der Waals surface area contributed by atoms with Crippen molar-refractivity contribution in [2.75, 3.05) is 45.9 Å². The third kappa shape index (κ3) is 4.50. The van der Waals surface area contributed by atoms with E-state index in [1.165, 1.54) is 6.54 Å². The Balaban J connectivity index is 1.74. The van der Waals surface area contributed by atoms with Crippen molar-refractivity contribution >= 4 is 0 Å². The second-order valence-electron chi connectivity index (χ2n) is 6.20. The summed E-state index contributed by atoms with van der Waals surface area (Å²) in [4.78, 5) is 4.87. The van der Waals surface area contributed by atoms with Crippen LogP contribution < -0.4 is 0 Å². The molecule has 2 fully saturated rings. The van der Waals surface area contributed by atoms with Crippen LogP contribution >= 0.6 is 0 Å². The minimum Gasteiger partial charge on any atom is -0.392 e. The molecule has 2 aliphatic heterocycles. The lowest BCUT2D eigenvalue weighted by atomic mass is 10.1. The Hall–Kier alpha value is -0.160. The van der Waals surface area contributed by atoms with E-state index < -0.39 is 0 Å². The summed E-state index contributed by atoms with van der Waals surface area (Å²) in [5.74, 6) is 0.723. The van der Waals surface area contributed by atoms with E-state index in [0.29, 0.717) is 6.10 Å². The van der Waals surface area contributed by atoms with Gasteiger partial charge in [-0.25, -0.2) is 0 Å². The van der Waals surface area contributed by atoms with E-state index >= 15 is 0 Å². The van der Waals surface area contributed by atoms with Gasteiger partial charge in [-0.15, -0.1) is 0 Å². The van der Waals surface area contributed by atoms with Gasteiger partial charge >= 0.3 is 0 Å². The lowest BCUT2D eigenvalue weighted by Crippen LogP contribution is -2.50. The molecular weight excluding hydrogens is 228 g/mol. The van der Waals surface area contributed by atoms with E-state index in [9.17, 15) is 5.11 Å². The van der Waals surface area contributed by atoms with Gasteiger partial charge < -0.3 is 9.84 Å². The Kier molecular flexibility index (Phi) is 5.42. The molecule has 0 aliphatic carbocycles. The van der Waals surface area contributed by atoms with Crippen molar-refractivity contribution in [1.82, 2.24) is 9.80 Å². The minimum atomic E-state index is -0.130. The van der Waals surface area contributed by atoms with E-state index in [2.05, 4.69) is 23.6 Å². The van der Waals surface area contributed by atoms with Gasteiger partial charge in [0.25, 0.3) is 0 Å². The maximum atomic E-state index is 9.69. The molecule has 0 aromatic carbocycles.